The number of para-hydroxylation sites is 2. The minimum Gasteiger partial charge on any atom is -0.495 e. The lowest BCUT2D eigenvalue weighted by molar-refractivity contribution is 0.401. The molecule has 2 aromatic heterocycles. The topological polar surface area (TPSA) is 119 Å². The third kappa shape index (κ3) is 3.45. The highest BCUT2D eigenvalue weighted by atomic mass is 35.5. The maximum Gasteiger partial charge on any atom is 0.332 e. The van der Waals surface area contributed by atoms with Crippen molar-refractivity contribution in [3.05, 3.63) is 64.3 Å². The monoisotopic (exact) mass is 475 g/mol. The molecule has 2 aromatic carbocycles. The molecule has 12 heteroatoms. The van der Waals surface area contributed by atoms with Crippen molar-refractivity contribution in [2.75, 3.05) is 25.6 Å². The molecule has 0 aliphatic heterocycles. The third-order valence-electron chi connectivity index (χ3n) is 4.87. The molecule has 0 bridgehead atoms. The zero-order valence-electron chi connectivity index (χ0n) is 17.2. The number of benzene rings is 2. The normalized spacial score (nSPS) is 11.5. The summed E-state index contributed by atoms with van der Waals surface area (Å²) in [4.78, 5) is 23.3. The minimum atomic E-state index is -4.02. The van der Waals surface area contributed by atoms with Gasteiger partial charge in [-0.25, -0.2) is 22.8 Å². The van der Waals surface area contributed by atoms with E-state index in [9.17, 15) is 13.2 Å². The van der Waals surface area contributed by atoms with Crippen LogP contribution in [0.4, 0.5) is 5.69 Å². The second kappa shape index (κ2) is 8.17. The smallest absolute Gasteiger partial charge is 0.332 e. The number of hydrogen-bond acceptors (Lipinski definition) is 7. The maximum absolute atomic E-state index is 13.4. The van der Waals surface area contributed by atoms with Gasteiger partial charge in [-0.15, -0.1) is 0 Å². The molecular weight excluding hydrogens is 458 g/mol. The summed E-state index contributed by atoms with van der Waals surface area (Å²) in [6, 6.07) is 10.8. The van der Waals surface area contributed by atoms with E-state index >= 15 is 0 Å². The Morgan fingerprint density at radius 3 is 2.56 bits per heavy atom. The molecule has 166 valence electrons. The van der Waals surface area contributed by atoms with E-state index in [0.717, 1.165) is 4.31 Å². The van der Waals surface area contributed by atoms with Gasteiger partial charge in [0.1, 0.15) is 17.6 Å². The number of methoxy groups -OCH3 is 2. The van der Waals surface area contributed by atoms with Crippen LogP contribution in [0.1, 0.15) is 0 Å². The van der Waals surface area contributed by atoms with Crippen molar-refractivity contribution < 1.29 is 17.9 Å². The number of halogens is 1. The quantitative estimate of drug-likeness (QED) is 0.455. The van der Waals surface area contributed by atoms with Gasteiger partial charge in [0, 0.05) is 7.05 Å². The Morgan fingerprint density at radius 2 is 1.84 bits per heavy atom. The highest BCUT2D eigenvalue weighted by Gasteiger charge is 2.26. The van der Waals surface area contributed by atoms with Gasteiger partial charge in [-0.2, -0.15) is 4.98 Å². The number of sulfonamides is 1. The predicted molar refractivity (Wildman–Crippen MR) is 120 cm³/mol. The highest BCUT2D eigenvalue weighted by Crippen LogP contribution is 2.33. The molecule has 0 aliphatic carbocycles. The molecule has 4 aromatic rings. The van der Waals surface area contributed by atoms with Crippen LogP contribution in [-0.4, -0.2) is 49.2 Å². The lowest BCUT2D eigenvalue weighted by atomic mass is 10.3. The fraction of sp³-hybridized carbons (Fsp3) is 0.150. The molecule has 0 atom stereocenters. The number of hydrogen-bond donors (Lipinski definition) is 1. The first-order valence-electron chi connectivity index (χ1n) is 9.21. The van der Waals surface area contributed by atoms with E-state index in [1.54, 1.807) is 24.3 Å². The number of aromatic amines is 1. The van der Waals surface area contributed by atoms with Crippen LogP contribution in [0.2, 0.25) is 5.02 Å². The molecular formula is C20H18ClN5O5S. The maximum atomic E-state index is 13.4. The second-order valence-electron chi connectivity index (χ2n) is 6.60. The minimum absolute atomic E-state index is 0.0763. The second-order valence-corrected chi connectivity index (χ2v) is 8.98. The summed E-state index contributed by atoms with van der Waals surface area (Å²) in [6.07, 6.45) is 1.23. The Hall–Kier alpha value is -3.57. The third-order valence-corrected chi connectivity index (χ3v) is 6.96. The summed E-state index contributed by atoms with van der Waals surface area (Å²) < 4.78 is 39.5. The average molecular weight is 476 g/mol. The number of fused-ring (bicyclic) bond motifs is 1. The fourth-order valence-electron chi connectivity index (χ4n) is 3.28. The van der Waals surface area contributed by atoms with Crippen LogP contribution in [0.15, 0.2) is 58.5 Å². The number of rotatable bonds is 6. The first kappa shape index (κ1) is 21.7. The molecule has 0 saturated heterocycles. The molecule has 0 fully saturated rings. The number of nitrogens with one attached hydrogen (secondary N) is 1. The van der Waals surface area contributed by atoms with Gasteiger partial charge in [0.2, 0.25) is 5.88 Å². The molecule has 2 heterocycles. The SMILES string of the molecule is COc1ccccc1N(C)S(=O)(=O)c1ccc(Cl)c(-n2c(=O)[nH]c3c(OC)ncnc32)c1. The predicted octanol–water partition coefficient (Wildman–Crippen LogP) is 2.60. The van der Waals surface area contributed by atoms with Gasteiger partial charge in [0.25, 0.3) is 10.0 Å². The van der Waals surface area contributed by atoms with Crippen molar-refractivity contribution in [1.82, 2.24) is 19.5 Å². The number of imidazole rings is 1. The summed E-state index contributed by atoms with van der Waals surface area (Å²) in [5.74, 6) is 0.561. The van der Waals surface area contributed by atoms with Gasteiger partial charge < -0.3 is 9.47 Å². The molecule has 10 nitrogen and oxygen atoms in total. The lowest BCUT2D eigenvalue weighted by Crippen LogP contribution is -2.27. The molecule has 1 N–H and O–H groups in total. The van der Waals surface area contributed by atoms with Crippen LogP contribution in [0.5, 0.6) is 11.6 Å². The van der Waals surface area contributed by atoms with Gasteiger partial charge in [0.15, 0.2) is 5.65 Å². The van der Waals surface area contributed by atoms with Gasteiger partial charge in [-0.1, -0.05) is 23.7 Å². The Labute approximate surface area is 188 Å². The van der Waals surface area contributed by atoms with Crippen LogP contribution in [0.25, 0.3) is 16.9 Å². The number of ether oxygens (including phenoxy) is 2. The molecule has 0 saturated carbocycles. The van der Waals surface area contributed by atoms with E-state index in [1.807, 2.05) is 0 Å². The molecule has 0 amide bonds. The number of anilines is 1. The van der Waals surface area contributed by atoms with Crippen LogP contribution in [0, 0.1) is 0 Å². The van der Waals surface area contributed by atoms with Crippen molar-refractivity contribution in [3.8, 4) is 17.3 Å². The summed E-state index contributed by atoms with van der Waals surface area (Å²) in [6.45, 7) is 0. The zero-order chi connectivity index (χ0) is 23.0. The summed E-state index contributed by atoms with van der Waals surface area (Å²) in [7, 11) is 0.257. The summed E-state index contributed by atoms with van der Waals surface area (Å²) in [5, 5.41) is 0.157. The molecule has 0 aliphatic rings. The van der Waals surface area contributed by atoms with E-state index in [0.29, 0.717) is 11.4 Å². The standard InChI is InChI=1S/C20H18ClN5O5S/c1-25(14-6-4-5-7-16(14)30-2)32(28,29)12-8-9-13(21)15(10-12)26-18-17(24-20(26)27)19(31-3)23-11-22-18/h4-11H,1-3H3,(H,24,27). The molecule has 0 unspecified atom stereocenters. The highest BCUT2D eigenvalue weighted by molar-refractivity contribution is 7.92. The van der Waals surface area contributed by atoms with E-state index in [1.165, 1.54) is 50.4 Å². The largest absolute Gasteiger partial charge is 0.495 e. The van der Waals surface area contributed by atoms with E-state index < -0.39 is 15.7 Å². The first-order valence-corrected chi connectivity index (χ1v) is 11.0. The fourth-order valence-corrected chi connectivity index (χ4v) is 4.71. The average Bonchev–Trinajstić information content (AvgIpc) is 3.14. The van der Waals surface area contributed by atoms with Gasteiger partial charge in [-0.05, 0) is 30.3 Å². The Kier molecular flexibility index (Phi) is 5.53. The van der Waals surface area contributed by atoms with Gasteiger partial charge >= 0.3 is 5.69 Å². The number of aromatic nitrogens is 4. The van der Waals surface area contributed by atoms with Gasteiger partial charge in [-0.3, -0.25) is 9.29 Å². The summed E-state index contributed by atoms with van der Waals surface area (Å²) >= 11 is 6.35. The Bertz CT molecular complexity index is 1480. The molecule has 0 spiro atoms. The van der Waals surface area contributed by atoms with Crippen LogP contribution >= 0.6 is 11.6 Å². The number of H-pyrrole nitrogens is 1. The Balaban J connectivity index is 1.88. The zero-order valence-corrected chi connectivity index (χ0v) is 18.8. The first-order chi connectivity index (χ1) is 15.3. The van der Waals surface area contributed by atoms with Crippen molar-refractivity contribution >= 4 is 38.5 Å². The van der Waals surface area contributed by atoms with E-state index in [2.05, 4.69) is 15.0 Å². The number of nitrogens with zero attached hydrogens (tertiary/aromatic N) is 4. The molecule has 4 rings (SSSR count). The van der Waals surface area contributed by atoms with Crippen LogP contribution in [0.3, 0.4) is 0 Å². The summed E-state index contributed by atoms with van der Waals surface area (Å²) in [5.41, 5.74) is 0.367. The van der Waals surface area contributed by atoms with Crippen molar-refractivity contribution in [3.63, 3.8) is 0 Å². The Morgan fingerprint density at radius 1 is 1.09 bits per heavy atom. The van der Waals surface area contributed by atoms with Crippen molar-refractivity contribution in [1.29, 1.82) is 0 Å². The van der Waals surface area contributed by atoms with E-state index in [4.69, 9.17) is 21.1 Å². The van der Waals surface area contributed by atoms with E-state index in [-0.39, 0.29) is 32.6 Å². The van der Waals surface area contributed by atoms with Crippen LogP contribution < -0.4 is 19.5 Å². The van der Waals surface area contributed by atoms with Crippen molar-refractivity contribution in [2.45, 2.75) is 4.90 Å². The lowest BCUT2D eigenvalue weighted by Gasteiger charge is -2.22. The van der Waals surface area contributed by atoms with Crippen LogP contribution in [-0.2, 0) is 10.0 Å². The molecule has 0 radical (unpaired) electrons. The molecule has 32 heavy (non-hydrogen) atoms. The van der Waals surface area contributed by atoms with Gasteiger partial charge in [0.05, 0.1) is 35.5 Å². The van der Waals surface area contributed by atoms with Crippen molar-refractivity contribution in [2.24, 2.45) is 0 Å².